The van der Waals surface area contributed by atoms with Gasteiger partial charge in [-0.15, -0.1) is 0 Å². The fourth-order valence-corrected chi connectivity index (χ4v) is 1.23. The number of rotatable bonds is 6. The Kier molecular flexibility index (Phi) is 4.05. The Balaban J connectivity index is 2.69. The lowest BCUT2D eigenvalue weighted by Crippen LogP contribution is -2.44. The normalized spacial score (nSPS) is 13.6. The quantitative estimate of drug-likeness (QED) is 0.604. The number of aliphatic carboxylic acids is 2. The van der Waals surface area contributed by atoms with Crippen molar-refractivity contribution < 1.29 is 34.5 Å². The molecule has 1 heterocycles. The van der Waals surface area contributed by atoms with Crippen LogP contribution in [0, 0.1) is 0 Å². The molecule has 1 atom stereocenters. The second-order valence-corrected chi connectivity index (χ2v) is 3.59. The summed E-state index contributed by atoms with van der Waals surface area (Å²) in [6, 6.07) is 3.13. The summed E-state index contributed by atoms with van der Waals surface area (Å²) >= 11 is 0. The van der Waals surface area contributed by atoms with Crippen molar-refractivity contribution in [2.45, 2.75) is 18.4 Å². The van der Waals surface area contributed by atoms with Gasteiger partial charge in [-0.3, -0.25) is 4.79 Å². The standard InChI is InChI=1S/C10H11NO7/c12-7(13)5-10(17,9(15)16)6-8(14)18-11-3-1-2-4-11/h1-4,17H,5-6H2,(H,12,13)(H,15,16). The minimum Gasteiger partial charge on any atom is -0.481 e. The Labute approximate surface area is 101 Å². The molecule has 0 aliphatic heterocycles. The molecule has 3 N–H and O–H groups in total. The lowest BCUT2D eigenvalue weighted by Gasteiger charge is -2.19. The number of aromatic nitrogens is 1. The van der Waals surface area contributed by atoms with E-state index in [1.807, 2.05) is 0 Å². The van der Waals surface area contributed by atoms with Crippen LogP contribution in [0.15, 0.2) is 24.5 Å². The van der Waals surface area contributed by atoms with Crippen LogP contribution < -0.4 is 4.84 Å². The first-order chi connectivity index (χ1) is 8.33. The van der Waals surface area contributed by atoms with E-state index in [1.54, 1.807) is 12.1 Å². The predicted molar refractivity (Wildman–Crippen MR) is 55.5 cm³/mol. The van der Waals surface area contributed by atoms with Crippen LogP contribution in [0.2, 0.25) is 0 Å². The molecule has 0 bridgehead atoms. The van der Waals surface area contributed by atoms with Gasteiger partial charge in [-0.2, -0.15) is 4.73 Å². The van der Waals surface area contributed by atoms with Crippen LogP contribution in [0.4, 0.5) is 0 Å². The Hall–Kier alpha value is -2.35. The van der Waals surface area contributed by atoms with E-state index < -0.39 is 36.4 Å². The number of aliphatic hydroxyl groups is 1. The average molecular weight is 257 g/mol. The maximum atomic E-state index is 11.4. The number of nitrogens with zero attached hydrogens (tertiary/aromatic N) is 1. The van der Waals surface area contributed by atoms with Crippen molar-refractivity contribution in [3.8, 4) is 0 Å². The maximum Gasteiger partial charge on any atom is 0.336 e. The van der Waals surface area contributed by atoms with E-state index in [0.29, 0.717) is 0 Å². The summed E-state index contributed by atoms with van der Waals surface area (Å²) in [5, 5.41) is 26.8. The maximum absolute atomic E-state index is 11.4. The van der Waals surface area contributed by atoms with E-state index >= 15 is 0 Å². The Morgan fingerprint density at radius 1 is 1.11 bits per heavy atom. The molecule has 1 unspecified atom stereocenters. The van der Waals surface area contributed by atoms with Crippen molar-refractivity contribution >= 4 is 17.9 Å². The molecule has 0 amide bonds. The van der Waals surface area contributed by atoms with Crippen molar-refractivity contribution in [2.75, 3.05) is 0 Å². The topological polar surface area (TPSA) is 126 Å². The summed E-state index contributed by atoms with van der Waals surface area (Å²) in [5.41, 5.74) is -2.68. The molecule has 8 heteroatoms. The SMILES string of the molecule is O=C(O)CC(O)(CC(=O)On1cccc1)C(=O)O. The number of hydrogen-bond donors (Lipinski definition) is 3. The van der Waals surface area contributed by atoms with E-state index in [1.165, 1.54) is 12.4 Å². The van der Waals surface area contributed by atoms with Gasteiger partial charge in [0.25, 0.3) is 0 Å². The van der Waals surface area contributed by atoms with Gasteiger partial charge in [0.15, 0.2) is 5.60 Å². The molecular weight excluding hydrogens is 246 g/mol. The minimum atomic E-state index is -2.68. The average Bonchev–Trinajstić information content (AvgIpc) is 2.68. The molecule has 0 aromatic carbocycles. The van der Waals surface area contributed by atoms with Crippen LogP contribution in [-0.2, 0) is 14.4 Å². The van der Waals surface area contributed by atoms with Crippen molar-refractivity contribution in [3.05, 3.63) is 24.5 Å². The van der Waals surface area contributed by atoms with E-state index in [2.05, 4.69) is 4.84 Å². The number of carboxylic acids is 2. The molecule has 1 aromatic heterocycles. The Morgan fingerprint density at radius 2 is 1.67 bits per heavy atom. The van der Waals surface area contributed by atoms with Crippen molar-refractivity contribution in [1.82, 2.24) is 4.73 Å². The highest BCUT2D eigenvalue weighted by Crippen LogP contribution is 2.16. The highest BCUT2D eigenvalue weighted by molar-refractivity contribution is 5.88. The van der Waals surface area contributed by atoms with Gasteiger partial charge in [0, 0.05) is 12.4 Å². The molecule has 0 aliphatic carbocycles. The van der Waals surface area contributed by atoms with E-state index in [4.69, 9.17) is 10.2 Å². The second kappa shape index (κ2) is 5.32. The van der Waals surface area contributed by atoms with Crippen LogP contribution in [-0.4, -0.2) is 43.6 Å². The molecule has 1 aromatic rings. The van der Waals surface area contributed by atoms with Crippen LogP contribution >= 0.6 is 0 Å². The van der Waals surface area contributed by atoms with Gasteiger partial charge in [-0.25, -0.2) is 9.59 Å². The van der Waals surface area contributed by atoms with Gasteiger partial charge in [0.2, 0.25) is 0 Å². The first kappa shape index (κ1) is 13.7. The lowest BCUT2D eigenvalue weighted by molar-refractivity contribution is -0.172. The summed E-state index contributed by atoms with van der Waals surface area (Å²) in [7, 11) is 0. The predicted octanol–water partition coefficient (Wildman–Crippen LogP) is -0.876. The van der Waals surface area contributed by atoms with Crippen LogP contribution in [0.25, 0.3) is 0 Å². The molecule has 0 radical (unpaired) electrons. The summed E-state index contributed by atoms with van der Waals surface area (Å²) < 4.78 is 1.01. The van der Waals surface area contributed by atoms with Crippen LogP contribution in [0.3, 0.4) is 0 Å². The van der Waals surface area contributed by atoms with Gasteiger partial charge in [0.1, 0.15) is 0 Å². The lowest BCUT2D eigenvalue weighted by atomic mass is 9.96. The van der Waals surface area contributed by atoms with Gasteiger partial charge in [-0.05, 0) is 12.1 Å². The smallest absolute Gasteiger partial charge is 0.336 e. The summed E-state index contributed by atoms with van der Waals surface area (Å²) in [5.74, 6) is -4.39. The summed E-state index contributed by atoms with van der Waals surface area (Å²) in [4.78, 5) is 37.2. The first-order valence-corrected chi connectivity index (χ1v) is 4.85. The highest BCUT2D eigenvalue weighted by Gasteiger charge is 2.41. The van der Waals surface area contributed by atoms with Crippen molar-refractivity contribution in [1.29, 1.82) is 0 Å². The first-order valence-electron chi connectivity index (χ1n) is 4.85. The number of carbonyl (C=O) groups excluding carboxylic acids is 1. The van der Waals surface area contributed by atoms with Gasteiger partial charge >= 0.3 is 17.9 Å². The number of hydrogen-bond acceptors (Lipinski definition) is 5. The zero-order valence-corrected chi connectivity index (χ0v) is 9.15. The molecule has 8 nitrogen and oxygen atoms in total. The van der Waals surface area contributed by atoms with E-state index in [9.17, 15) is 19.5 Å². The molecule has 18 heavy (non-hydrogen) atoms. The third kappa shape index (κ3) is 3.59. The number of carboxylic acid groups (broad SMARTS) is 2. The molecule has 0 saturated carbocycles. The molecule has 0 aliphatic rings. The molecule has 0 saturated heterocycles. The summed E-state index contributed by atoms with van der Waals surface area (Å²) in [6.45, 7) is 0. The van der Waals surface area contributed by atoms with E-state index in [-0.39, 0.29) is 0 Å². The van der Waals surface area contributed by atoms with Crippen molar-refractivity contribution in [2.24, 2.45) is 0 Å². The molecular formula is C10H11NO7. The fourth-order valence-electron chi connectivity index (χ4n) is 1.23. The molecule has 0 spiro atoms. The zero-order valence-electron chi connectivity index (χ0n) is 9.15. The Bertz CT molecular complexity index is 453. The van der Waals surface area contributed by atoms with E-state index in [0.717, 1.165) is 4.73 Å². The monoisotopic (exact) mass is 257 g/mol. The molecule has 98 valence electrons. The molecule has 0 fully saturated rings. The second-order valence-electron chi connectivity index (χ2n) is 3.59. The number of carbonyl (C=O) groups is 3. The Morgan fingerprint density at radius 3 is 2.11 bits per heavy atom. The third-order valence-corrected chi connectivity index (χ3v) is 2.06. The van der Waals surface area contributed by atoms with Crippen molar-refractivity contribution in [3.63, 3.8) is 0 Å². The minimum absolute atomic E-state index is 0.965. The largest absolute Gasteiger partial charge is 0.481 e. The van der Waals surface area contributed by atoms with Crippen LogP contribution in [0.5, 0.6) is 0 Å². The highest BCUT2D eigenvalue weighted by atomic mass is 16.7. The van der Waals surface area contributed by atoms with Crippen LogP contribution in [0.1, 0.15) is 12.8 Å². The molecule has 1 rings (SSSR count). The van der Waals surface area contributed by atoms with Gasteiger partial charge in [0.05, 0.1) is 12.8 Å². The zero-order chi connectivity index (χ0) is 13.8. The summed E-state index contributed by atoms with van der Waals surface area (Å²) in [6.07, 6.45) is 0.708. The van der Waals surface area contributed by atoms with Gasteiger partial charge in [-0.1, -0.05) is 0 Å². The van der Waals surface area contributed by atoms with Gasteiger partial charge < -0.3 is 20.2 Å². The fraction of sp³-hybridized carbons (Fsp3) is 0.300. The third-order valence-electron chi connectivity index (χ3n) is 2.06.